The standard InChI is InChI=1S/C24H25NO3/c1-4-27-23-15-20(24(26)25-21-12-10-17(2)18(3)14-21)11-13-22(23)28-16-19-8-6-5-7-9-19/h5-15H,4,16H2,1-3H3,(H,25,26). The van der Waals surface area contributed by atoms with Crippen LogP contribution in [-0.4, -0.2) is 12.5 Å². The Balaban J connectivity index is 1.75. The number of hydrogen-bond donors (Lipinski definition) is 1. The molecule has 3 aromatic carbocycles. The molecule has 4 heteroatoms. The molecule has 0 aromatic heterocycles. The number of carbonyl (C=O) groups is 1. The number of rotatable bonds is 7. The van der Waals surface area contributed by atoms with Crippen LogP contribution in [0.25, 0.3) is 0 Å². The third kappa shape index (κ3) is 4.92. The number of nitrogens with one attached hydrogen (secondary N) is 1. The zero-order valence-electron chi connectivity index (χ0n) is 16.5. The lowest BCUT2D eigenvalue weighted by atomic mass is 10.1. The Morgan fingerprint density at radius 3 is 2.36 bits per heavy atom. The van der Waals surface area contributed by atoms with Crippen LogP contribution in [0.1, 0.15) is 34.0 Å². The average Bonchev–Trinajstić information content (AvgIpc) is 2.71. The molecule has 0 bridgehead atoms. The minimum absolute atomic E-state index is 0.182. The maximum absolute atomic E-state index is 12.6. The van der Waals surface area contributed by atoms with Gasteiger partial charge in [-0.3, -0.25) is 4.79 Å². The summed E-state index contributed by atoms with van der Waals surface area (Å²) in [6.45, 7) is 6.91. The summed E-state index contributed by atoms with van der Waals surface area (Å²) in [5.74, 6) is 0.999. The van der Waals surface area contributed by atoms with Crippen molar-refractivity contribution in [1.82, 2.24) is 0 Å². The molecule has 0 aliphatic carbocycles. The molecule has 0 saturated carbocycles. The Morgan fingerprint density at radius 2 is 1.64 bits per heavy atom. The number of anilines is 1. The van der Waals surface area contributed by atoms with Gasteiger partial charge in [0.2, 0.25) is 0 Å². The third-order valence-corrected chi connectivity index (χ3v) is 4.51. The van der Waals surface area contributed by atoms with Gasteiger partial charge < -0.3 is 14.8 Å². The highest BCUT2D eigenvalue weighted by Gasteiger charge is 2.12. The molecule has 0 atom stereocenters. The first-order chi connectivity index (χ1) is 13.6. The van der Waals surface area contributed by atoms with Gasteiger partial charge in [0.1, 0.15) is 6.61 Å². The molecule has 3 rings (SSSR count). The van der Waals surface area contributed by atoms with Crippen LogP contribution in [0.4, 0.5) is 5.69 Å². The minimum Gasteiger partial charge on any atom is -0.490 e. The summed E-state index contributed by atoms with van der Waals surface area (Å²) in [7, 11) is 0. The fraction of sp³-hybridized carbons (Fsp3) is 0.208. The topological polar surface area (TPSA) is 47.6 Å². The fourth-order valence-corrected chi connectivity index (χ4v) is 2.79. The van der Waals surface area contributed by atoms with Gasteiger partial charge in [-0.2, -0.15) is 0 Å². The van der Waals surface area contributed by atoms with Crippen LogP contribution in [0.2, 0.25) is 0 Å². The number of hydrogen-bond acceptors (Lipinski definition) is 3. The molecule has 0 unspecified atom stereocenters. The van der Waals surface area contributed by atoms with Gasteiger partial charge >= 0.3 is 0 Å². The Hall–Kier alpha value is -3.27. The van der Waals surface area contributed by atoms with Gasteiger partial charge in [-0.25, -0.2) is 0 Å². The highest BCUT2D eigenvalue weighted by molar-refractivity contribution is 6.04. The Morgan fingerprint density at radius 1 is 0.857 bits per heavy atom. The highest BCUT2D eigenvalue weighted by atomic mass is 16.5. The lowest BCUT2D eigenvalue weighted by Crippen LogP contribution is -2.12. The maximum atomic E-state index is 12.6. The molecular formula is C24H25NO3. The van der Waals surface area contributed by atoms with E-state index in [-0.39, 0.29) is 5.91 Å². The molecular weight excluding hydrogens is 350 g/mol. The predicted molar refractivity (Wildman–Crippen MR) is 112 cm³/mol. The zero-order valence-corrected chi connectivity index (χ0v) is 16.5. The van der Waals surface area contributed by atoms with Crippen molar-refractivity contribution in [2.75, 3.05) is 11.9 Å². The molecule has 0 aliphatic heterocycles. The summed E-state index contributed by atoms with van der Waals surface area (Å²) in [5.41, 5.74) is 4.69. The summed E-state index contributed by atoms with van der Waals surface area (Å²) in [5, 5.41) is 2.94. The summed E-state index contributed by atoms with van der Waals surface area (Å²) >= 11 is 0. The van der Waals surface area contributed by atoms with Gasteiger partial charge in [0.15, 0.2) is 11.5 Å². The van der Waals surface area contributed by atoms with Gasteiger partial charge in [0.25, 0.3) is 5.91 Å². The van der Waals surface area contributed by atoms with Crippen LogP contribution in [0.5, 0.6) is 11.5 Å². The van der Waals surface area contributed by atoms with Crippen molar-refractivity contribution in [3.05, 3.63) is 89.0 Å². The van der Waals surface area contributed by atoms with Crippen molar-refractivity contribution in [3.8, 4) is 11.5 Å². The van der Waals surface area contributed by atoms with Crippen LogP contribution in [-0.2, 0) is 6.61 Å². The first-order valence-electron chi connectivity index (χ1n) is 9.39. The van der Waals surface area contributed by atoms with E-state index >= 15 is 0 Å². The van der Waals surface area contributed by atoms with E-state index in [0.717, 1.165) is 16.8 Å². The summed E-state index contributed by atoms with van der Waals surface area (Å²) in [4.78, 5) is 12.6. The summed E-state index contributed by atoms with van der Waals surface area (Å²) < 4.78 is 11.6. The van der Waals surface area contributed by atoms with Crippen molar-refractivity contribution in [1.29, 1.82) is 0 Å². The molecule has 144 valence electrons. The molecule has 4 nitrogen and oxygen atoms in total. The van der Waals surface area contributed by atoms with Gasteiger partial charge in [0.05, 0.1) is 6.61 Å². The van der Waals surface area contributed by atoms with Crippen LogP contribution in [0.3, 0.4) is 0 Å². The highest BCUT2D eigenvalue weighted by Crippen LogP contribution is 2.29. The van der Waals surface area contributed by atoms with Crippen LogP contribution in [0.15, 0.2) is 66.7 Å². The van der Waals surface area contributed by atoms with E-state index in [4.69, 9.17) is 9.47 Å². The average molecular weight is 375 g/mol. The lowest BCUT2D eigenvalue weighted by Gasteiger charge is -2.14. The van der Waals surface area contributed by atoms with Crippen molar-refractivity contribution >= 4 is 11.6 Å². The number of amides is 1. The zero-order chi connectivity index (χ0) is 19.9. The number of aryl methyl sites for hydroxylation is 2. The molecule has 0 heterocycles. The largest absolute Gasteiger partial charge is 0.490 e. The second kappa shape index (κ2) is 9.09. The van der Waals surface area contributed by atoms with Gasteiger partial charge in [-0.1, -0.05) is 36.4 Å². The molecule has 1 amide bonds. The van der Waals surface area contributed by atoms with E-state index in [9.17, 15) is 4.79 Å². The molecule has 0 saturated heterocycles. The molecule has 0 fully saturated rings. The van der Waals surface area contributed by atoms with Gasteiger partial charge in [-0.05, 0) is 67.8 Å². The van der Waals surface area contributed by atoms with Gasteiger partial charge in [-0.15, -0.1) is 0 Å². The number of carbonyl (C=O) groups excluding carboxylic acids is 1. The normalized spacial score (nSPS) is 10.4. The molecule has 1 N–H and O–H groups in total. The SMILES string of the molecule is CCOc1cc(C(=O)Nc2ccc(C)c(C)c2)ccc1OCc1ccccc1. The monoisotopic (exact) mass is 375 g/mol. The van der Waals surface area contributed by atoms with E-state index in [1.807, 2.05) is 69.3 Å². The molecule has 3 aromatic rings. The van der Waals surface area contributed by atoms with Crippen molar-refractivity contribution < 1.29 is 14.3 Å². The first-order valence-corrected chi connectivity index (χ1v) is 9.39. The summed E-state index contributed by atoms with van der Waals surface area (Å²) in [6, 6.07) is 21.1. The number of benzene rings is 3. The molecule has 0 radical (unpaired) electrons. The smallest absolute Gasteiger partial charge is 0.255 e. The quantitative estimate of drug-likeness (QED) is 0.590. The predicted octanol–water partition coefficient (Wildman–Crippen LogP) is 5.53. The van der Waals surface area contributed by atoms with Crippen LogP contribution >= 0.6 is 0 Å². The Kier molecular flexibility index (Phi) is 6.33. The second-order valence-electron chi connectivity index (χ2n) is 6.62. The molecule has 28 heavy (non-hydrogen) atoms. The molecule has 0 spiro atoms. The third-order valence-electron chi connectivity index (χ3n) is 4.51. The second-order valence-corrected chi connectivity index (χ2v) is 6.62. The fourth-order valence-electron chi connectivity index (χ4n) is 2.79. The molecule has 0 aliphatic rings. The van der Waals surface area contributed by atoms with E-state index in [1.165, 1.54) is 5.56 Å². The maximum Gasteiger partial charge on any atom is 0.255 e. The van der Waals surface area contributed by atoms with E-state index < -0.39 is 0 Å². The summed E-state index contributed by atoms with van der Waals surface area (Å²) in [6.07, 6.45) is 0. The van der Waals surface area contributed by atoms with E-state index in [1.54, 1.807) is 18.2 Å². The Labute approximate surface area is 166 Å². The first kappa shape index (κ1) is 19.5. The van der Waals surface area contributed by atoms with Crippen LogP contribution < -0.4 is 14.8 Å². The lowest BCUT2D eigenvalue weighted by molar-refractivity contribution is 0.102. The van der Waals surface area contributed by atoms with Crippen LogP contribution in [0, 0.1) is 13.8 Å². The Bertz CT molecular complexity index is 951. The van der Waals surface area contributed by atoms with E-state index in [0.29, 0.717) is 30.3 Å². The van der Waals surface area contributed by atoms with Crippen molar-refractivity contribution in [2.24, 2.45) is 0 Å². The minimum atomic E-state index is -0.182. The number of ether oxygens (including phenoxy) is 2. The van der Waals surface area contributed by atoms with E-state index in [2.05, 4.69) is 5.32 Å². The van der Waals surface area contributed by atoms with Gasteiger partial charge in [0, 0.05) is 11.3 Å². The van der Waals surface area contributed by atoms with Crippen molar-refractivity contribution in [2.45, 2.75) is 27.4 Å². The van der Waals surface area contributed by atoms with Crippen molar-refractivity contribution in [3.63, 3.8) is 0 Å².